The van der Waals surface area contributed by atoms with Crippen LogP contribution in [0.2, 0.25) is 0 Å². The molecule has 136 valence electrons. The van der Waals surface area contributed by atoms with E-state index in [9.17, 15) is 15.3 Å². The summed E-state index contributed by atoms with van der Waals surface area (Å²) in [5.74, 6) is 0.669. The van der Waals surface area contributed by atoms with E-state index in [0.717, 1.165) is 12.8 Å². The number of nitrogens with zero attached hydrogens (tertiary/aromatic N) is 4. The summed E-state index contributed by atoms with van der Waals surface area (Å²) in [6.07, 6.45) is 4.88. The second kappa shape index (κ2) is 6.83. The highest BCUT2D eigenvalue weighted by Crippen LogP contribution is 2.32. The van der Waals surface area contributed by atoms with Crippen molar-refractivity contribution in [2.45, 2.75) is 62.7 Å². The summed E-state index contributed by atoms with van der Waals surface area (Å²) in [5, 5.41) is 32.9. The van der Waals surface area contributed by atoms with Crippen molar-refractivity contribution in [3.05, 3.63) is 12.7 Å². The highest BCUT2D eigenvalue weighted by atomic mass is 16.6. The first kappa shape index (κ1) is 16.6. The van der Waals surface area contributed by atoms with Crippen LogP contribution >= 0.6 is 0 Å². The van der Waals surface area contributed by atoms with Crippen LogP contribution in [0.15, 0.2) is 12.7 Å². The fraction of sp³-hybridized carbons (Fsp3) is 0.688. The van der Waals surface area contributed by atoms with E-state index in [1.54, 1.807) is 4.57 Å². The first-order chi connectivity index (χ1) is 12.2. The molecule has 9 nitrogen and oxygen atoms in total. The largest absolute Gasteiger partial charge is 0.394 e. The van der Waals surface area contributed by atoms with E-state index in [1.807, 2.05) is 0 Å². The number of hydrogen-bond acceptors (Lipinski definition) is 8. The normalized spacial score (nSPS) is 30.8. The molecule has 0 radical (unpaired) electrons. The lowest BCUT2D eigenvalue weighted by molar-refractivity contribution is -0.0511. The number of aliphatic hydroxyl groups excluding tert-OH is 3. The molecular weight excluding hydrogens is 326 g/mol. The van der Waals surface area contributed by atoms with Crippen molar-refractivity contribution in [3.63, 3.8) is 0 Å². The number of fused-ring (bicyclic) bond motifs is 1. The Balaban J connectivity index is 1.62. The van der Waals surface area contributed by atoms with E-state index in [4.69, 9.17) is 4.74 Å². The van der Waals surface area contributed by atoms with Crippen molar-refractivity contribution in [1.29, 1.82) is 0 Å². The maximum Gasteiger partial charge on any atom is 0.167 e. The summed E-state index contributed by atoms with van der Waals surface area (Å²) in [6, 6.07) is 0.380. The summed E-state index contributed by atoms with van der Waals surface area (Å²) >= 11 is 0. The fourth-order valence-electron chi connectivity index (χ4n) is 3.69. The monoisotopic (exact) mass is 349 g/mol. The van der Waals surface area contributed by atoms with Gasteiger partial charge in [0.1, 0.15) is 24.6 Å². The molecule has 4 rings (SSSR count). The van der Waals surface area contributed by atoms with Crippen molar-refractivity contribution in [3.8, 4) is 0 Å². The average molecular weight is 349 g/mol. The van der Waals surface area contributed by atoms with Gasteiger partial charge in [-0.2, -0.15) is 0 Å². The standard InChI is InChI=1S/C16H23N5O4/c22-6-10-12(23)13(24)16(25-10)21-8-19-11-14(17-7-18-15(11)21)20-9-4-2-1-3-5-9/h7-10,12-13,16,22-24H,1-6H2,(H,17,18,20)/t10-,12-,13-,16-/m0/s1. The van der Waals surface area contributed by atoms with Gasteiger partial charge in [-0.15, -0.1) is 0 Å². The van der Waals surface area contributed by atoms with Crippen LogP contribution in [0.3, 0.4) is 0 Å². The maximum atomic E-state index is 10.2. The Kier molecular flexibility index (Phi) is 4.55. The Morgan fingerprint density at radius 3 is 2.64 bits per heavy atom. The highest BCUT2D eigenvalue weighted by molar-refractivity contribution is 5.82. The molecule has 0 spiro atoms. The van der Waals surface area contributed by atoms with Crippen molar-refractivity contribution in [2.75, 3.05) is 11.9 Å². The molecule has 2 aromatic rings. The van der Waals surface area contributed by atoms with Gasteiger partial charge in [0.05, 0.1) is 12.9 Å². The number of aliphatic hydroxyl groups is 3. The summed E-state index contributed by atoms with van der Waals surface area (Å²) in [5.41, 5.74) is 1.12. The number of hydrogen-bond donors (Lipinski definition) is 4. The molecule has 3 heterocycles. The summed E-state index contributed by atoms with van der Waals surface area (Å²) in [7, 11) is 0. The van der Waals surface area contributed by atoms with Crippen molar-refractivity contribution >= 4 is 17.0 Å². The van der Waals surface area contributed by atoms with Gasteiger partial charge < -0.3 is 25.4 Å². The van der Waals surface area contributed by atoms with Gasteiger partial charge in [0.15, 0.2) is 23.2 Å². The molecule has 0 amide bonds. The maximum absolute atomic E-state index is 10.2. The van der Waals surface area contributed by atoms with Crippen molar-refractivity contribution in [1.82, 2.24) is 19.5 Å². The Bertz CT molecular complexity index is 732. The number of imidazole rings is 1. The van der Waals surface area contributed by atoms with Gasteiger partial charge in [0, 0.05) is 6.04 Å². The SMILES string of the molecule is OC[C@@H]1O[C@H](n2cnc3c(NC4CCCCC4)ncnc32)[C@@H](O)[C@H]1O. The third-order valence-corrected chi connectivity index (χ3v) is 5.10. The zero-order valence-corrected chi connectivity index (χ0v) is 13.8. The quantitative estimate of drug-likeness (QED) is 0.616. The third kappa shape index (κ3) is 2.97. The molecule has 0 bridgehead atoms. The van der Waals surface area contributed by atoms with Gasteiger partial charge >= 0.3 is 0 Å². The van der Waals surface area contributed by atoms with E-state index < -0.39 is 24.5 Å². The van der Waals surface area contributed by atoms with E-state index >= 15 is 0 Å². The van der Waals surface area contributed by atoms with E-state index in [2.05, 4.69) is 20.3 Å². The highest BCUT2D eigenvalue weighted by Gasteiger charge is 2.44. The molecule has 4 atom stereocenters. The van der Waals surface area contributed by atoms with Crippen LogP contribution in [0.25, 0.3) is 11.2 Å². The minimum Gasteiger partial charge on any atom is -0.394 e. The Labute approximate surface area is 144 Å². The van der Waals surface area contributed by atoms with Gasteiger partial charge in [0.25, 0.3) is 0 Å². The number of aromatic nitrogens is 4. The van der Waals surface area contributed by atoms with Crippen LogP contribution < -0.4 is 5.32 Å². The molecule has 2 fully saturated rings. The van der Waals surface area contributed by atoms with E-state index in [0.29, 0.717) is 23.0 Å². The zero-order chi connectivity index (χ0) is 17.4. The smallest absolute Gasteiger partial charge is 0.167 e. The second-order valence-electron chi connectivity index (χ2n) is 6.75. The Hall–Kier alpha value is -1.81. The van der Waals surface area contributed by atoms with E-state index in [-0.39, 0.29) is 6.61 Å². The van der Waals surface area contributed by atoms with Crippen LogP contribution in [0.1, 0.15) is 38.3 Å². The molecule has 1 aliphatic heterocycles. The number of rotatable bonds is 4. The van der Waals surface area contributed by atoms with Crippen LogP contribution in [-0.4, -0.2) is 65.8 Å². The van der Waals surface area contributed by atoms with Crippen molar-refractivity contribution in [2.24, 2.45) is 0 Å². The van der Waals surface area contributed by atoms with Gasteiger partial charge in [-0.05, 0) is 12.8 Å². The molecule has 9 heteroatoms. The molecule has 4 N–H and O–H groups in total. The lowest BCUT2D eigenvalue weighted by atomic mass is 9.95. The average Bonchev–Trinajstić information content (AvgIpc) is 3.18. The zero-order valence-electron chi connectivity index (χ0n) is 13.8. The van der Waals surface area contributed by atoms with Crippen LogP contribution in [-0.2, 0) is 4.74 Å². The Morgan fingerprint density at radius 2 is 1.92 bits per heavy atom. The molecule has 0 aromatic carbocycles. The molecule has 1 saturated carbocycles. The van der Waals surface area contributed by atoms with Gasteiger partial charge in [-0.25, -0.2) is 15.0 Å². The molecule has 25 heavy (non-hydrogen) atoms. The number of ether oxygens (including phenoxy) is 1. The summed E-state index contributed by atoms with van der Waals surface area (Å²) in [6.45, 7) is -0.370. The predicted octanol–water partition coefficient (Wildman–Crippen LogP) is 0.182. The number of nitrogens with one attached hydrogen (secondary N) is 1. The molecular formula is C16H23N5O4. The summed E-state index contributed by atoms with van der Waals surface area (Å²) < 4.78 is 7.15. The van der Waals surface area contributed by atoms with Gasteiger partial charge in [-0.3, -0.25) is 4.57 Å². The first-order valence-corrected chi connectivity index (χ1v) is 8.75. The molecule has 1 aliphatic carbocycles. The van der Waals surface area contributed by atoms with Gasteiger partial charge in [0.2, 0.25) is 0 Å². The van der Waals surface area contributed by atoms with E-state index in [1.165, 1.54) is 31.9 Å². The minimum absolute atomic E-state index is 0.370. The van der Waals surface area contributed by atoms with Crippen molar-refractivity contribution < 1.29 is 20.1 Å². The molecule has 2 aromatic heterocycles. The first-order valence-electron chi connectivity index (χ1n) is 8.75. The molecule has 2 aliphatic rings. The minimum atomic E-state index is -1.17. The lowest BCUT2D eigenvalue weighted by Gasteiger charge is -2.23. The topological polar surface area (TPSA) is 126 Å². The summed E-state index contributed by atoms with van der Waals surface area (Å²) in [4.78, 5) is 13.0. The number of anilines is 1. The van der Waals surface area contributed by atoms with Gasteiger partial charge in [-0.1, -0.05) is 19.3 Å². The van der Waals surface area contributed by atoms with Crippen LogP contribution in [0.4, 0.5) is 5.82 Å². The Morgan fingerprint density at radius 1 is 1.12 bits per heavy atom. The second-order valence-corrected chi connectivity index (χ2v) is 6.75. The fourth-order valence-corrected chi connectivity index (χ4v) is 3.69. The lowest BCUT2D eigenvalue weighted by Crippen LogP contribution is -2.33. The van der Waals surface area contributed by atoms with Crippen LogP contribution in [0, 0.1) is 0 Å². The van der Waals surface area contributed by atoms with Crippen LogP contribution in [0.5, 0.6) is 0 Å². The molecule has 1 saturated heterocycles. The molecule has 0 unspecified atom stereocenters. The predicted molar refractivity (Wildman–Crippen MR) is 88.8 cm³/mol. The third-order valence-electron chi connectivity index (χ3n) is 5.10.